The van der Waals surface area contributed by atoms with E-state index in [1.807, 2.05) is 0 Å². The maximum absolute atomic E-state index is 11.9. The topological polar surface area (TPSA) is 52.6 Å². The lowest BCUT2D eigenvalue weighted by Crippen LogP contribution is -2.34. The van der Waals surface area contributed by atoms with E-state index in [0.717, 1.165) is 0 Å². The summed E-state index contributed by atoms with van der Waals surface area (Å²) in [6, 6.07) is -0.168. The van der Waals surface area contributed by atoms with Crippen molar-refractivity contribution >= 4 is 15.6 Å². The first-order valence-electron chi connectivity index (χ1n) is 3.28. The highest BCUT2D eigenvalue weighted by molar-refractivity contribution is 6.36. The molecule has 0 saturated carbocycles. The van der Waals surface area contributed by atoms with Gasteiger partial charge in [0.1, 0.15) is 9.52 Å². The van der Waals surface area contributed by atoms with Gasteiger partial charge in [-0.2, -0.15) is 0 Å². The third kappa shape index (κ3) is 2.47. The van der Waals surface area contributed by atoms with Crippen LogP contribution >= 0.6 is 0 Å². The van der Waals surface area contributed by atoms with Crippen LogP contribution in [0.15, 0.2) is 0 Å². The fourth-order valence-electron chi connectivity index (χ4n) is 0.848. The molecule has 1 aliphatic rings. The Hall–Kier alpha value is -0.623. The second kappa shape index (κ2) is 3.68. The van der Waals surface area contributed by atoms with E-state index in [1.54, 1.807) is 0 Å². The van der Waals surface area contributed by atoms with Gasteiger partial charge in [-0.05, 0) is 0 Å². The Labute approximate surface area is 66.2 Å². The SMILES string of the molecule is O=C1NCCN1C[Si]C(O)F. The molecule has 1 atom stereocenters. The van der Waals surface area contributed by atoms with Crippen molar-refractivity contribution in [3.8, 4) is 0 Å². The first kappa shape index (κ1) is 8.47. The van der Waals surface area contributed by atoms with Crippen LogP contribution in [-0.2, 0) is 0 Å². The van der Waals surface area contributed by atoms with Crippen molar-refractivity contribution in [2.45, 2.75) is 5.98 Å². The number of hydrogen-bond acceptors (Lipinski definition) is 2. The molecule has 1 heterocycles. The zero-order chi connectivity index (χ0) is 8.27. The van der Waals surface area contributed by atoms with Crippen LogP contribution in [-0.4, -0.2) is 50.8 Å². The minimum absolute atomic E-state index is 0.168. The van der Waals surface area contributed by atoms with E-state index in [-0.39, 0.29) is 15.6 Å². The van der Waals surface area contributed by atoms with Crippen molar-refractivity contribution in [3.05, 3.63) is 0 Å². The normalized spacial score (nSPS) is 20.2. The largest absolute Gasteiger partial charge is 0.368 e. The monoisotopic (exact) mass is 176 g/mol. The summed E-state index contributed by atoms with van der Waals surface area (Å²) >= 11 is 0. The van der Waals surface area contributed by atoms with Gasteiger partial charge in [-0.25, -0.2) is 9.18 Å². The lowest BCUT2D eigenvalue weighted by molar-refractivity contribution is 0.116. The van der Waals surface area contributed by atoms with Crippen LogP contribution in [0.1, 0.15) is 0 Å². The minimum atomic E-state index is -1.79. The molecule has 0 aromatic heterocycles. The van der Waals surface area contributed by atoms with Gasteiger partial charge in [-0.15, -0.1) is 0 Å². The summed E-state index contributed by atoms with van der Waals surface area (Å²) in [7, 11) is -0.237. The number of nitrogens with zero attached hydrogens (tertiary/aromatic N) is 1. The maximum Gasteiger partial charge on any atom is 0.317 e. The summed E-state index contributed by atoms with van der Waals surface area (Å²) in [5.41, 5.74) is 0. The van der Waals surface area contributed by atoms with Crippen LogP contribution in [0.2, 0.25) is 0 Å². The third-order valence-electron chi connectivity index (χ3n) is 1.40. The number of nitrogens with one attached hydrogen (secondary N) is 1. The van der Waals surface area contributed by atoms with Crippen molar-refractivity contribution in [1.29, 1.82) is 0 Å². The fraction of sp³-hybridized carbons (Fsp3) is 0.800. The van der Waals surface area contributed by atoms with Crippen molar-refractivity contribution in [2.24, 2.45) is 0 Å². The van der Waals surface area contributed by atoms with Gasteiger partial charge in [-0.1, -0.05) is 0 Å². The molecule has 1 unspecified atom stereocenters. The van der Waals surface area contributed by atoms with E-state index < -0.39 is 5.98 Å². The van der Waals surface area contributed by atoms with Gasteiger partial charge < -0.3 is 15.3 Å². The Bertz CT molecular complexity index is 155. The minimum Gasteiger partial charge on any atom is -0.368 e. The van der Waals surface area contributed by atoms with Gasteiger partial charge in [0, 0.05) is 19.3 Å². The molecule has 6 heteroatoms. The number of rotatable bonds is 3. The molecule has 4 nitrogen and oxygen atoms in total. The van der Waals surface area contributed by atoms with Crippen LogP contribution in [0, 0.1) is 0 Å². The number of amides is 2. The molecule has 2 N–H and O–H groups in total. The molecule has 1 fully saturated rings. The lowest BCUT2D eigenvalue weighted by atomic mass is 10.7. The molecular formula is C5H9FN2O2Si. The van der Waals surface area contributed by atoms with Crippen LogP contribution in [0.5, 0.6) is 0 Å². The van der Waals surface area contributed by atoms with Gasteiger partial charge in [0.25, 0.3) is 0 Å². The first-order chi connectivity index (χ1) is 5.20. The highest BCUT2D eigenvalue weighted by Crippen LogP contribution is 1.95. The van der Waals surface area contributed by atoms with Gasteiger partial charge in [0.15, 0.2) is 5.98 Å². The van der Waals surface area contributed by atoms with Crippen molar-refractivity contribution in [2.75, 3.05) is 19.3 Å². The van der Waals surface area contributed by atoms with Gasteiger partial charge >= 0.3 is 6.03 Å². The van der Waals surface area contributed by atoms with E-state index in [9.17, 15) is 9.18 Å². The molecule has 11 heavy (non-hydrogen) atoms. The van der Waals surface area contributed by atoms with E-state index in [0.29, 0.717) is 19.3 Å². The van der Waals surface area contributed by atoms with Crippen LogP contribution in [0.25, 0.3) is 0 Å². The average molecular weight is 176 g/mol. The highest BCUT2D eigenvalue weighted by atomic mass is 28.2. The molecule has 0 aliphatic carbocycles. The Morgan fingerprint density at radius 3 is 3.09 bits per heavy atom. The summed E-state index contributed by atoms with van der Waals surface area (Å²) < 4.78 is 11.9. The molecule has 62 valence electrons. The van der Waals surface area contributed by atoms with Gasteiger partial charge in [0.05, 0.1) is 0 Å². The molecule has 0 spiro atoms. The molecule has 2 radical (unpaired) electrons. The highest BCUT2D eigenvalue weighted by Gasteiger charge is 2.19. The summed E-state index contributed by atoms with van der Waals surface area (Å²) in [6.07, 6.45) is 0.309. The number of carbonyl (C=O) groups excluding carboxylic acids is 1. The van der Waals surface area contributed by atoms with Crippen molar-refractivity contribution < 1.29 is 14.3 Å². The number of aliphatic hydroxyl groups excluding tert-OH is 1. The predicted molar refractivity (Wildman–Crippen MR) is 37.8 cm³/mol. The van der Waals surface area contributed by atoms with Crippen LogP contribution in [0.3, 0.4) is 0 Å². The van der Waals surface area contributed by atoms with E-state index in [4.69, 9.17) is 5.11 Å². The van der Waals surface area contributed by atoms with Gasteiger partial charge in [-0.3, -0.25) is 0 Å². The number of alkyl halides is 1. The van der Waals surface area contributed by atoms with Crippen LogP contribution < -0.4 is 5.32 Å². The maximum atomic E-state index is 11.9. The average Bonchev–Trinajstić information content (AvgIpc) is 2.31. The number of urea groups is 1. The molecule has 1 rings (SSSR count). The summed E-state index contributed by atoms with van der Waals surface area (Å²) in [5.74, 6) is -1.79. The third-order valence-corrected chi connectivity index (χ3v) is 2.30. The molecule has 0 bridgehead atoms. The standard InChI is InChI=1S/C5H9FN2O2Si/c6-4(9)11-3-8-2-1-7-5(8)10/h4,9H,1-3H2,(H,7,10). The first-order valence-corrected chi connectivity index (χ1v) is 4.57. The second-order valence-electron chi connectivity index (χ2n) is 2.19. The number of hydrogen-bond donors (Lipinski definition) is 2. The zero-order valence-corrected chi connectivity index (χ0v) is 6.88. The molecule has 0 aromatic carbocycles. The van der Waals surface area contributed by atoms with Crippen molar-refractivity contribution in [3.63, 3.8) is 0 Å². The summed E-state index contributed by atoms with van der Waals surface area (Å²) in [4.78, 5) is 12.3. The Balaban J connectivity index is 2.20. The Morgan fingerprint density at radius 2 is 2.64 bits per heavy atom. The quantitative estimate of drug-likeness (QED) is 0.537. The molecule has 2 amide bonds. The van der Waals surface area contributed by atoms with Crippen LogP contribution in [0.4, 0.5) is 9.18 Å². The Kier molecular flexibility index (Phi) is 2.83. The molecule has 0 aromatic rings. The van der Waals surface area contributed by atoms with E-state index >= 15 is 0 Å². The zero-order valence-electron chi connectivity index (χ0n) is 5.88. The predicted octanol–water partition coefficient (Wildman–Crippen LogP) is -1.08. The lowest BCUT2D eigenvalue weighted by Gasteiger charge is -2.12. The summed E-state index contributed by atoms with van der Waals surface area (Å²) in [6.45, 7) is 1.23. The molecule has 1 saturated heterocycles. The number of carbonyl (C=O) groups is 1. The second-order valence-corrected chi connectivity index (χ2v) is 3.39. The van der Waals surface area contributed by atoms with Crippen molar-refractivity contribution in [1.82, 2.24) is 10.2 Å². The number of halogens is 1. The van der Waals surface area contributed by atoms with Gasteiger partial charge in [0.2, 0.25) is 0 Å². The summed E-state index contributed by atoms with van der Waals surface area (Å²) in [5, 5.41) is 10.9. The van der Waals surface area contributed by atoms with E-state index in [1.165, 1.54) is 4.90 Å². The fourth-order valence-corrected chi connectivity index (χ4v) is 1.52. The smallest absolute Gasteiger partial charge is 0.317 e. The molecular weight excluding hydrogens is 167 g/mol. The Morgan fingerprint density at radius 1 is 1.91 bits per heavy atom. The molecule has 1 aliphatic heterocycles. The van der Waals surface area contributed by atoms with E-state index in [2.05, 4.69) is 5.32 Å². The number of aliphatic hydroxyl groups is 1.